The Morgan fingerprint density at radius 3 is 2.92 bits per heavy atom. The number of benzene rings is 1. The molecule has 1 unspecified atom stereocenters. The molecule has 3 heterocycles. The van der Waals surface area contributed by atoms with Gasteiger partial charge in [-0.25, -0.2) is 4.98 Å². The average Bonchev–Trinajstić information content (AvgIpc) is 3.35. The summed E-state index contributed by atoms with van der Waals surface area (Å²) in [6.07, 6.45) is 9.60. The van der Waals surface area contributed by atoms with Crippen molar-refractivity contribution in [3.63, 3.8) is 0 Å². The molecule has 2 aromatic heterocycles. The Balaban J connectivity index is 1.41. The summed E-state index contributed by atoms with van der Waals surface area (Å²) in [7, 11) is 0. The highest BCUT2D eigenvalue weighted by molar-refractivity contribution is 5.78. The van der Waals surface area contributed by atoms with Gasteiger partial charge in [0.2, 0.25) is 5.91 Å². The minimum Gasteiger partial charge on any atom is -0.340 e. The van der Waals surface area contributed by atoms with Crippen LogP contribution in [0.25, 0.3) is 5.69 Å². The number of aromatic nitrogens is 5. The highest BCUT2D eigenvalue weighted by Crippen LogP contribution is 2.21. The molecule has 4 rings (SSSR count). The Kier molecular flexibility index (Phi) is 4.28. The van der Waals surface area contributed by atoms with Gasteiger partial charge in [0.15, 0.2) is 0 Å². The van der Waals surface area contributed by atoms with E-state index >= 15 is 0 Å². The Hall–Kier alpha value is -2.96. The fourth-order valence-electron chi connectivity index (χ4n) is 3.24. The van der Waals surface area contributed by atoms with Crippen LogP contribution < -0.4 is 0 Å². The van der Waals surface area contributed by atoms with Gasteiger partial charge in [0.05, 0.1) is 36.4 Å². The fourth-order valence-corrected chi connectivity index (χ4v) is 3.24. The van der Waals surface area contributed by atoms with Crippen LogP contribution in [0.3, 0.4) is 0 Å². The summed E-state index contributed by atoms with van der Waals surface area (Å²) in [5.41, 5.74) is 1.58. The summed E-state index contributed by atoms with van der Waals surface area (Å²) in [4.78, 5) is 20.2. The molecule has 0 N–H and O–H groups in total. The van der Waals surface area contributed by atoms with Crippen LogP contribution in [-0.2, 0) is 11.2 Å². The number of likely N-dealkylation sites (tertiary alicyclic amines) is 1. The zero-order valence-electron chi connectivity index (χ0n) is 13.9. The molecule has 1 atom stereocenters. The third-order valence-electron chi connectivity index (χ3n) is 4.55. The van der Waals surface area contributed by atoms with E-state index < -0.39 is 0 Å². The van der Waals surface area contributed by atoms with E-state index in [0.29, 0.717) is 11.7 Å². The highest BCUT2D eigenvalue weighted by atomic mass is 16.2. The van der Waals surface area contributed by atoms with Crippen molar-refractivity contribution in [2.24, 2.45) is 0 Å². The number of carbonyl (C=O) groups excluding carboxylic acids is 1. The van der Waals surface area contributed by atoms with Crippen LogP contribution in [0.1, 0.15) is 24.6 Å². The van der Waals surface area contributed by atoms with E-state index in [-0.39, 0.29) is 12.3 Å². The number of para-hydroxylation sites is 1. The maximum Gasteiger partial charge on any atom is 0.228 e. The van der Waals surface area contributed by atoms with Gasteiger partial charge in [-0.2, -0.15) is 15.0 Å². The summed E-state index contributed by atoms with van der Waals surface area (Å²) >= 11 is 0. The van der Waals surface area contributed by atoms with Gasteiger partial charge in [-0.3, -0.25) is 4.79 Å². The number of carbonyl (C=O) groups is 1. The molecule has 0 aliphatic carbocycles. The molecule has 7 heteroatoms. The maximum absolute atomic E-state index is 12.7. The lowest BCUT2D eigenvalue weighted by molar-refractivity contribution is -0.132. The molecule has 0 saturated carbocycles. The maximum atomic E-state index is 12.7. The van der Waals surface area contributed by atoms with Crippen LogP contribution in [0, 0.1) is 0 Å². The molecular weight excluding hydrogens is 316 g/mol. The van der Waals surface area contributed by atoms with Crippen LogP contribution in [0.4, 0.5) is 0 Å². The number of rotatable bonds is 4. The average molecular weight is 336 g/mol. The van der Waals surface area contributed by atoms with E-state index in [2.05, 4.69) is 19.7 Å². The lowest BCUT2D eigenvalue weighted by Crippen LogP contribution is -2.41. The van der Waals surface area contributed by atoms with Crippen molar-refractivity contribution < 1.29 is 4.79 Å². The second-order valence-electron chi connectivity index (χ2n) is 6.28. The predicted molar refractivity (Wildman–Crippen MR) is 92.1 cm³/mol. The molecule has 0 spiro atoms. The first-order valence-corrected chi connectivity index (χ1v) is 8.51. The Labute approximate surface area is 145 Å². The van der Waals surface area contributed by atoms with Gasteiger partial charge in [0.1, 0.15) is 0 Å². The topological polar surface area (TPSA) is 68.8 Å². The van der Waals surface area contributed by atoms with Crippen molar-refractivity contribution in [1.29, 1.82) is 0 Å². The molecular formula is C18H20N6O. The SMILES string of the molecule is O=C(Cc1cnn(-c2ccccc2)n1)N1CCCC(n2ccnc2)C1. The van der Waals surface area contributed by atoms with Crippen LogP contribution in [-0.4, -0.2) is 48.4 Å². The molecule has 1 amide bonds. The van der Waals surface area contributed by atoms with E-state index in [9.17, 15) is 4.79 Å². The first-order chi connectivity index (χ1) is 12.3. The number of hydrogen-bond acceptors (Lipinski definition) is 4. The summed E-state index contributed by atoms with van der Waals surface area (Å²) in [5, 5.41) is 8.69. The molecule has 7 nitrogen and oxygen atoms in total. The number of amides is 1. The molecule has 128 valence electrons. The quantitative estimate of drug-likeness (QED) is 0.729. The lowest BCUT2D eigenvalue weighted by Gasteiger charge is -2.33. The Bertz CT molecular complexity index is 826. The lowest BCUT2D eigenvalue weighted by atomic mass is 10.1. The first kappa shape index (κ1) is 15.6. The predicted octanol–water partition coefficient (Wildman–Crippen LogP) is 1.87. The molecule has 1 aromatic carbocycles. The largest absolute Gasteiger partial charge is 0.340 e. The number of nitrogens with zero attached hydrogens (tertiary/aromatic N) is 6. The van der Waals surface area contributed by atoms with E-state index in [4.69, 9.17) is 0 Å². The van der Waals surface area contributed by atoms with Gasteiger partial charge in [-0.15, -0.1) is 0 Å². The number of imidazole rings is 1. The number of hydrogen-bond donors (Lipinski definition) is 0. The highest BCUT2D eigenvalue weighted by Gasteiger charge is 2.25. The smallest absolute Gasteiger partial charge is 0.228 e. The third-order valence-corrected chi connectivity index (χ3v) is 4.55. The van der Waals surface area contributed by atoms with Crippen molar-refractivity contribution in [2.45, 2.75) is 25.3 Å². The normalized spacial score (nSPS) is 17.6. The molecule has 0 radical (unpaired) electrons. The first-order valence-electron chi connectivity index (χ1n) is 8.51. The van der Waals surface area contributed by atoms with Crippen molar-refractivity contribution >= 4 is 5.91 Å². The van der Waals surface area contributed by atoms with Crippen molar-refractivity contribution in [2.75, 3.05) is 13.1 Å². The standard InChI is InChI=1S/C18H20N6O/c25-18(22-9-4-7-17(13-22)23-10-8-19-14-23)11-15-12-20-24(21-15)16-5-2-1-3-6-16/h1-3,5-6,8,10,12,14,17H,4,7,9,11,13H2. The summed E-state index contributed by atoms with van der Waals surface area (Å²) in [6, 6.07) is 10.0. The van der Waals surface area contributed by atoms with Crippen molar-refractivity contribution in [3.8, 4) is 5.69 Å². The molecule has 1 fully saturated rings. The second kappa shape index (κ2) is 6.88. The van der Waals surface area contributed by atoms with E-state index in [1.807, 2.05) is 47.8 Å². The molecule has 1 aliphatic rings. The van der Waals surface area contributed by atoms with Gasteiger partial charge < -0.3 is 9.47 Å². The number of piperidine rings is 1. The van der Waals surface area contributed by atoms with Crippen molar-refractivity contribution in [1.82, 2.24) is 29.4 Å². The summed E-state index contributed by atoms with van der Waals surface area (Å²) in [6.45, 7) is 1.53. The van der Waals surface area contributed by atoms with Crippen LogP contribution in [0.15, 0.2) is 55.2 Å². The summed E-state index contributed by atoms with van der Waals surface area (Å²) in [5.74, 6) is 0.102. The summed E-state index contributed by atoms with van der Waals surface area (Å²) < 4.78 is 2.09. The minimum absolute atomic E-state index is 0.102. The molecule has 0 bridgehead atoms. The molecule has 3 aromatic rings. The Morgan fingerprint density at radius 1 is 1.24 bits per heavy atom. The van der Waals surface area contributed by atoms with Crippen LogP contribution in [0.2, 0.25) is 0 Å². The van der Waals surface area contributed by atoms with Crippen molar-refractivity contribution in [3.05, 3.63) is 60.9 Å². The van der Waals surface area contributed by atoms with Crippen LogP contribution >= 0.6 is 0 Å². The zero-order valence-corrected chi connectivity index (χ0v) is 13.9. The van der Waals surface area contributed by atoms with E-state index in [1.165, 1.54) is 0 Å². The van der Waals surface area contributed by atoms with Gasteiger partial charge in [-0.1, -0.05) is 18.2 Å². The Morgan fingerprint density at radius 2 is 2.12 bits per heavy atom. The van der Waals surface area contributed by atoms with Gasteiger partial charge in [0.25, 0.3) is 0 Å². The second-order valence-corrected chi connectivity index (χ2v) is 6.28. The van der Waals surface area contributed by atoms with E-state index in [0.717, 1.165) is 31.6 Å². The van der Waals surface area contributed by atoms with Gasteiger partial charge in [0, 0.05) is 25.5 Å². The molecule has 1 aliphatic heterocycles. The molecule has 1 saturated heterocycles. The van der Waals surface area contributed by atoms with Gasteiger partial charge in [-0.05, 0) is 25.0 Å². The third kappa shape index (κ3) is 3.45. The van der Waals surface area contributed by atoms with Crippen LogP contribution in [0.5, 0.6) is 0 Å². The monoisotopic (exact) mass is 336 g/mol. The van der Waals surface area contributed by atoms with Gasteiger partial charge >= 0.3 is 0 Å². The van der Waals surface area contributed by atoms with E-state index in [1.54, 1.807) is 17.2 Å². The minimum atomic E-state index is 0.102. The fraction of sp³-hybridized carbons (Fsp3) is 0.333. The molecule has 25 heavy (non-hydrogen) atoms. The zero-order chi connectivity index (χ0) is 17.1.